The predicted octanol–water partition coefficient (Wildman–Crippen LogP) is 2.78. The van der Waals surface area contributed by atoms with Crippen molar-refractivity contribution in [2.24, 2.45) is 0 Å². The number of H-pyrrole nitrogens is 1. The summed E-state index contributed by atoms with van der Waals surface area (Å²) in [5, 5.41) is 27.5. The van der Waals surface area contributed by atoms with Gasteiger partial charge in [0, 0.05) is 5.69 Å². The van der Waals surface area contributed by atoms with Gasteiger partial charge in [-0.25, -0.2) is 0 Å². The van der Waals surface area contributed by atoms with Crippen molar-refractivity contribution in [3.63, 3.8) is 0 Å². The van der Waals surface area contributed by atoms with Crippen LogP contribution in [0, 0.1) is 0 Å². The molecule has 2 heterocycles. The number of aromatic nitrogens is 3. The third-order valence-electron chi connectivity index (χ3n) is 4.71. The van der Waals surface area contributed by atoms with Crippen LogP contribution in [0.3, 0.4) is 0 Å². The number of aliphatic carboxylic acids is 1. The molecule has 0 fully saturated rings. The van der Waals surface area contributed by atoms with E-state index in [1.54, 1.807) is 18.2 Å². The number of pyridine rings is 1. The van der Waals surface area contributed by atoms with Crippen LogP contribution < -0.4 is 15.0 Å². The fourth-order valence-corrected chi connectivity index (χ4v) is 3.30. The summed E-state index contributed by atoms with van der Waals surface area (Å²) >= 11 is 0. The number of nitrogens with zero attached hydrogens (tertiary/aromatic N) is 2. The van der Waals surface area contributed by atoms with E-state index in [0.717, 1.165) is 12.8 Å². The molecule has 0 aliphatic rings. The molecule has 3 rings (SSSR count). The second-order valence-electron chi connectivity index (χ2n) is 6.74. The summed E-state index contributed by atoms with van der Waals surface area (Å²) in [5.74, 6) is -1.16. The number of carbonyl (C=O) groups is 1. The number of hydrogen-bond donors (Lipinski definition) is 3. The average molecular weight is 429 g/mol. The quantitative estimate of drug-likeness (QED) is 0.467. The average Bonchev–Trinajstić information content (AvgIpc) is 3.18. The third kappa shape index (κ3) is 4.37. The van der Waals surface area contributed by atoms with Crippen LogP contribution in [0.5, 0.6) is 17.2 Å². The van der Waals surface area contributed by atoms with E-state index < -0.39 is 17.9 Å². The Morgan fingerprint density at radius 3 is 2.39 bits per heavy atom. The van der Waals surface area contributed by atoms with Gasteiger partial charge in [0.05, 0.1) is 25.3 Å². The van der Waals surface area contributed by atoms with E-state index in [0.29, 0.717) is 34.7 Å². The fraction of sp³-hybridized carbons (Fsp3) is 0.333. The van der Waals surface area contributed by atoms with E-state index in [2.05, 4.69) is 15.2 Å². The van der Waals surface area contributed by atoms with Crippen LogP contribution in [0.4, 0.5) is 0 Å². The number of ether oxygens (including phenoxy) is 2. The van der Waals surface area contributed by atoms with E-state index in [1.165, 1.54) is 14.2 Å². The lowest BCUT2D eigenvalue weighted by molar-refractivity contribution is -0.136. The highest BCUT2D eigenvalue weighted by Crippen LogP contribution is 2.46. The maximum Gasteiger partial charge on any atom is 0.312 e. The highest BCUT2D eigenvalue weighted by Gasteiger charge is 2.27. The normalized spacial score (nSPS) is 10.8. The molecule has 3 aromatic rings. The summed E-state index contributed by atoms with van der Waals surface area (Å²) in [5.41, 5.74) is 0.384. The van der Waals surface area contributed by atoms with E-state index >= 15 is 0 Å². The number of hydrogen-bond acceptors (Lipinski definition) is 8. The summed E-state index contributed by atoms with van der Waals surface area (Å²) in [6.07, 6.45) is 1.62. The molecule has 0 aliphatic heterocycles. The van der Waals surface area contributed by atoms with Gasteiger partial charge in [-0.2, -0.15) is 0 Å². The number of unbranched alkanes of at least 4 members (excludes halogenated alkanes) is 1. The van der Waals surface area contributed by atoms with Gasteiger partial charge < -0.3 is 29.1 Å². The van der Waals surface area contributed by atoms with Crippen LogP contribution in [-0.2, 0) is 17.6 Å². The molecule has 0 radical (unpaired) electrons. The first-order valence-corrected chi connectivity index (χ1v) is 9.65. The number of aryl methyl sites for hydroxylation is 1. The maximum absolute atomic E-state index is 12.8. The fourth-order valence-electron chi connectivity index (χ4n) is 3.30. The van der Waals surface area contributed by atoms with E-state index in [1.807, 2.05) is 6.92 Å². The molecule has 0 aliphatic carbocycles. The number of nitrogens with one attached hydrogen (secondary N) is 1. The summed E-state index contributed by atoms with van der Waals surface area (Å²) in [6, 6.07) is 5.17. The van der Waals surface area contributed by atoms with Crippen molar-refractivity contribution >= 4 is 5.97 Å². The Kier molecular flexibility index (Phi) is 6.58. The van der Waals surface area contributed by atoms with Gasteiger partial charge in [-0.15, -0.1) is 10.2 Å². The SMILES string of the molecule is CCCCc1[nH]c(=O)c(-c2nnc(CC(=O)O)o2)c(O)c1-c1c(OC)cccc1OC. The lowest BCUT2D eigenvalue weighted by Gasteiger charge is -2.18. The minimum absolute atomic E-state index is 0.187. The molecule has 2 aromatic heterocycles. The summed E-state index contributed by atoms with van der Waals surface area (Å²) in [4.78, 5) is 26.5. The highest BCUT2D eigenvalue weighted by atomic mass is 16.5. The van der Waals surface area contributed by atoms with Crippen molar-refractivity contribution in [1.29, 1.82) is 0 Å². The van der Waals surface area contributed by atoms with Crippen molar-refractivity contribution in [3.05, 3.63) is 40.1 Å². The Morgan fingerprint density at radius 2 is 1.81 bits per heavy atom. The Labute approximate surface area is 177 Å². The number of carboxylic acids is 1. The zero-order valence-corrected chi connectivity index (χ0v) is 17.4. The smallest absolute Gasteiger partial charge is 0.312 e. The van der Waals surface area contributed by atoms with Gasteiger partial charge in [-0.1, -0.05) is 19.4 Å². The van der Waals surface area contributed by atoms with E-state index in [-0.39, 0.29) is 23.1 Å². The largest absolute Gasteiger partial charge is 0.506 e. The van der Waals surface area contributed by atoms with Gasteiger partial charge in [-0.3, -0.25) is 9.59 Å². The summed E-state index contributed by atoms with van der Waals surface area (Å²) < 4.78 is 16.3. The first-order valence-electron chi connectivity index (χ1n) is 9.65. The minimum atomic E-state index is -1.16. The molecule has 10 heteroatoms. The van der Waals surface area contributed by atoms with Crippen LogP contribution in [-0.4, -0.2) is 45.6 Å². The zero-order chi connectivity index (χ0) is 22.5. The Morgan fingerprint density at radius 1 is 1.13 bits per heavy atom. The van der Waals surface area contributed by atoms with Crippen molar-refractivity contribution in [2.75, 3.05) is 14.2 Å². The molecule has 1 aromatic carbocycles. The summed E-state index contributed by atoms with van der Waals surface area (Å²) in [7, 11) is 2.98. The first-order chi connectivity index (χ1) is 14.9. The van der Waals surface area contributed by atoms with Crippen LogP contribution >= 0.6 is 0 Å². The van der Waals surface area contributed by atoms with Crippen LogP contribution in [0.1, 0.15) is 31.4 Å². The molecule has 0 atom stereocenters. The second kappa shape index (κ2) is 9.33. The van der Waals surface area contributed by atoms with Crippen LogP contribution in [0.15, 0.2) is 27.4 Å². The van der Waals surface area contributed by atoms with Gasteiger partial charge in [0.15, 0.2) is 0 Å². The minimum Gasteiger partial charge on any atom is -0.506 e. The van der Waals surface area contributed by atoms with Gasteiger partial charge >= 0.3 is 5.97 Å². The zero-order valence-electron chi connectivity index (χ0n) is 17.4. The van der Waals surface area contributed by atoms with Crippen molar-refractivity contribution in [2.45, 2.75) is 32.6 Å². The molecule has 31 heavy (non-hydrogen) atoms. The van der Waals surface area contributed by atoms with Crippen LogP contribution in [0.2, 0.25) is 0 Å². The monoisotopic (exact) mass is 429 g/mol. The Balaban J connectivity index is 2.30. The number of aromatic hydroxyl groups is 1. The standard InChI is InChI=1S/C21H23N3O7/c1-4-5-7-11-16(17-12(29-2)8-6-9-13(17)30-3)19(27)18(20(28)22-11)21-24-23-14(31-21)10-15(25)26/h6,8-9H,4-5,7,10H2,1-3H3,(H,25,26)(H2,22,27,28). The number of carboxylic acid groups (broad SMARTS) is 1. The molecule has 0 amide bonds. The van der Waals surface area contributed by atoms with E-state index in [4.69, 9.17) is 19.0 Å². The van der Waals surface area contributed by atoms with E-state index in [9.17, 15) is 14.7 Å². The van der Waals surface area contributed by atoms with Gasteiger partial charge in [-0.05, 0) is 25.0 Å². The lowest BCUT2D eigenvalue weighted by Crippen LogP contribution is -2.14. The van der Waals surface area contributed by atoms with Crippen molar-refractivity contribution < 1.29 is 28.9 Å². The number of methoxy groups -OCH3 is 2. The van der Waals surface area contributed by atoms with Gasteiger partial charge in [0.1, 0.15) is 29.2 Å². The van der Waals surface area contributed by atoms with Gasteiger partial charge in [0.2, 0.25) is 5.89 Å². The summed E-state index contributed by atoms with van der Waals surface area (Å²) in [6.45, 7) is 2.01. The molecule has 3 N–H and O–H groups in total. The second-order valence-corrected chi connectivity index (χ2v) is 6.74. The molecule has 10 nitrogen and oxygen atoms in total. The Bertz CT molecular complexity index is 1130. The molecule has 0 unspecified atom stereocenters. The maximum atomic E-state index is 12.8. The lowest BCUT2D eigenvalue weighted by atomic mass is 9.96. The predicted molar refractivity (Wildman–Crippen MR) is 111 cm³/mol. The van der Waals surface area contributed by atoms with Gasteiger partial charge in [0.25, 0.3) is 11.4 Å². The number of aromatic amines is 1. The molecule has 164 valence electrons. The van der Waals surface area contributed by atoms with Crippen molar-refractivity contribution in [3.8, 4) is 39.8 Å². The molecule has 0 saturated heterocycles. The molecule has 0 saturated carbocycles. The molecular weight excluding hydrogens is 406 g/mol. The highest BCUT2D eigenvalue weighted by molar-refractivity contribution is 5.87. The number of benzene rings is 1. The molecule has 0 bridgehead atoms. The Hall–Kier alpha value is -3.82. The number of rotatable bonds is 9. The molecule has 0 spiro atoms. The topological polar surface area (TPSA) is 148 Å². The third-order valence-corrected chi connectivity index (χ3v) is 4.71. The molecular formula is C21H23N3O7. The van der Waals surface area contributed by atoms with Crippen molar-refractivity contribution in [1.82, 2.24) is 15.2 Å². The van der Waals surface area contributed by atoms with Crippen LogP contribution in [0.25, 0.3) is 22.6 Å². The first kappa shape index (κ1) is 21.9.